The quantitative estimate of drug-likeness (QED) is 0.416. The molecule has 0 fully saturated rings. The van der Waals surface area contributed by atoms with Gasteiger partial charge >= 0.3 is 0 Å². The highest BCUT2D eigenvalue weighted by atomic mass is 32.2. The zero-order valence-corrected chi connectivity index (χ0v) is 18.5. The van der Waals surface area contributed by atoms with Crippen LogP contribution in [0.2, 0.25) is 0 Å². The number of aromatic nitrogens is 1. The summed E-state index contributed by atoms with van der Waals surface area (Å²) in [4.78, 5) is 17.9. The zero-order chi connectivity index (χ0) is 22.0. The summed E-state index contributed by atoms with van der Waals surface area (Å²) in [5.41, 5.74) is 3.39. The monoisotopic (exact) mass is 448 g/mol. The minimum Gasteiger partial charge on any atom is -0.312 e. The van der Waals surface area contributed by atoms with Gasteiger partial charge in [0.1, 0.15) is 0 Å². The van der Waals surface area contributed by atoms with Crippen molar-refractivity contribution in [3.8, 4) is 11.1 Å². The normalized spacial score (nSPS) is 12.2. The predicted octanol–water partition coefficient (Wildman–Crippen LogP) is 4.70. The van der Waals surface area contributed by atoms with Gasteiger partial charge in [-0.3, -0.25) is 4.79 Å². The summed E-state index contributed by atoms with van der Waals surface area (Å²) in [6.45, 7) is 4.23. The molecule has 0 aliphatic rings. The fraction of sp³-hybridized carbons (Fsp3) is 0.0833. The average molecular weight is 449 g/mol. The van der Waals surface area contributed by atoms with Crippen molar-refractivity contribution in [1.82, 2.24) is 4.57 Å². The van der Waals surface area contributed by atoms with Crippen LogP contribution in [0.4, 0.5) is 0 Å². The van der Waals surface area contributed by atoms with Gasteiger partial charge in [0.2, 0.25) is 0 Å². The fourth-order valence-electron chi connectivity index (χ4n) is 3.26. The van der Waals surface area contributed by atoms with E-state index in [2.05, 4.69) is 11.6 Å². The van der Waals surface area contributed by atoms with Gasteiger partial charge in [0, 0.05) is 18.4 Å². The highest BCUT2D eigenvalue weighted by Gasteiger charge is 2.13. The van der Waals surface area contributed by atoms with Crippen molar-refractivity contribution in [2.75, 3.05) is 6.26 Å². The first-order valence-electron chi connectivity index (χ1n) is 9.56. The lowest BCUT2D eigenvalue weighted by Gasteiger charge is -2.03. The van der Waals surface area contributed by atoms with Gasteiger partial charge in [-0.2, -0.15) is 4.99 Å². The summed E-state index contributed by atoms with van der Waals surface area (Å²) in [5.74, 6) is -0.354. The highest BCUT2D eigenvalue weighted by molar-refractivity contribution is 7.90. The molecule has 0 atom stereocenters. The van der Waals surface area contributed by atoms with Gasteiger partial charge in [0.05, 0.1) is 15.1 Å². The second-order valence-corrected chi connectivity index (χ2v) is 10.1. The standard InChI is InChI=1S/C24H20N2O3S2/c1-3-15-26-21-14-13-20(31(2,28)29)16-22(21)30-24(26)25-23(27)19-11-9-18(10-12-19)17-7-5-4-6-8-17/h3-14,16H,1,15H2,2H3. The first-order valence-corrected chi connectivity index (χ1v) is 12.3. The Balaban J connectivity index is 1.74. The van der Waals surface area contributed by atoms with Crippen molar-refractivity contribution in [1.29, 1.82) is 0 Å². The molecule has 1 aromatic heterocycles. The number of thiazole rings is 1. The molecule has 5 nitrogen and oxygen atoms in total. The topological polar surface area (TPSA) is 68.5 Å². The summed E-state index contributed by atoms with van der Waals surface area (Å²) in [6, 6.07) is 22.2. The zero-order valence-electron chi connectivity index (χ0n) is 16.9. The van der Waals surface area contributed by atoms with E-state index in [4.69, 9.17) is 0 Å². The van der Waals surface area contributed by atoms with Crippen LogP contribution < -0.4 is 4.80 Å². The maximum atomic E-state index is 12.8. The fourth-order valence-corrected chi connectivity index (χ4v) is 5.06. The lowest BCUT2D eigenvalue weighted by atomic mass is 10.0. The third kappa shape index (κ3) is 4.42. The number of allylic oxidation sites excluding steroid dienone is 1. The van der Waals surface area contributed by atoms with Crippen molar-refractivity contribution in [2.24, 2.45) is 4.99 Å². The van der Waals surface area contributed by atoms with Gasteiger partial charge < -0.3 is 4.57 Å². The molecular weight excluding hydrogens is 428 g/mol. The summed E-state index contributed by atoms with van der Waals surface area (Å²) in [6.07, 6.45) is 2.89. The minimum atomic E-state index is -3.32. The van der Waals surface area contributed by atoms with Crippen LogP contribution in [0.15, 0.2) is 95.3 Å². The first-order chi connectivity index (χ1) is 14.9. The van der Waals surface area contributed by atoms with Gasteiger partial charge in [-0.1, -0.05) is 59.9 Å². The Morgan fingerprint density at radius 1 is 1.03 bits per heavy atom. The Hall–Kier alpha value is -3.29. The van der Waals surface area contributed by atoms with E-state index in [1.165, 1.54) is 17.6 Å². The molecule has 0 saturated carbocycles. The molecule has 0 spiro atoms. The average Bonchev–Trinajstić information content (AvgIpc) is 3.10. The van der Waals surface area contributed by atoms with E-state index in [1.807, 2.05) is 47.0 Å². The van der Waals surface area contributed by atoms with E-state index >= 15 is 0 Å². The van der Waals surface area contributed by atoms with Crippen LogP contribution in [0.5, 0.6) is 0 Å². The Bertz CT molecular complexity index is 1450. The molecule has 1 heterocycles. The Morgan fingerprint density at radius 2 is 1.71 bits per heavy atom. The number of benzene rings is 3. The molecule has 0 radical (unpaired) electrons. The molecule has 4 aromatic rings. The summed E-state index contributed by atoms with van der Waals surface area (Å²) in [7, 11) is -3.32. The molecule has 31 heavy (non-hydrogen) atoms. The van der Waals surface area contributed by atoms with Crippen LogP contribution >= 0.6 is 11.3 Å². The Kier molecular flexibility index (Phi) is 5.71. The van der Waals surface area contributed by atoms with Crippen LogP contribution in [0, 0.1) is 0 Å². The van der Waals surface area contributed by atoms with Gasteiger partial charge in [0.25, 0.3) is 5.91 Å². The number of amides is 1. The molecule has 7 heteroatoms. The van der Waals surface area contributed by atoms with Gasteiger partial charge in [-0.15, -0.1) is 6.58 Å². The molecule has 1 amide bonds. The summed E-state index contributed by atoms with van der Waals surface area (Å²) >= 11 is 1.28. The molecule has 0 N–H and O–H groups in total. The molecule has 156 valence electrons. The summed E-state index contributed by atoms with van der Waals surface area (Å²) < 4.78 is 26.4. The number of nitrogens with zero attached hydrogens (tertiary/aromatic N) is 2. The van der Waals surface area contributed by atoms with Crippen molar-refractivity contribution >= 4 is 37.3 Å². The van der Waals surface area contributed by atoms with E-state index in [9.17, 15) is 13.2 Å². The predicted molar refractivity (Wildman–Crippen MR) is 125 cm³/mol. The van der Waals surface area contributed by atoms with E-state index in [0.717, 1.165) is 21.3 Å². The SMILES string of the molecule is C=CCn1c(=NC(=O)c2ccc(-c3ccccc3)cc2)sc2cc(S(C)(=O)=O)ccc21. The third-order valence-corrected chi connectivity index (χ3v) is 6.98. The van der Waals surface area contributed by atoms with Gasteiger partial charge in [-0.05, 0) is 41.5 Å². The van der Waals surface area contributed by atoms with Crippen LogP contribution in [0.25, 0.3) is 21.3 Å². The van der Waals surface area contributed by atoms with Crippen LogP contribution in [-0.2, 0) is 16.4 Å². The van der Waals surface area contributed by atoms with Crippen molar-refractivity contribution in [2.45, 2.75) is 11.4 Å². The second kappa shape index (κ2) is 8.45. The van der Waals surface area contributed by atoms with Crippen LogP contribution in [0.3, 0.4) is 0 Å². The number of carbonyl (C=O) groups is 1. The van der Waals surface area contributed by atoms with E-state index in [-0.39, 0.29) is 10.8 Å². The van der Waals surface area contributed by atoms with Gasteiger partial charge in [0.15, 0.2) is 14.6 Å². The lowest BCUT2D eigenvalue weighted by Crippen LogP contribution is -2.16. The number of fused-ring (bicyclic) bond motifs is 1. The first kappa shape index (κ1) is 21.0. The highest BCUT2D eigenvalue weighted by Crippen LogP contribution is 2.23. The smallest absolute Gasteiger partial charge is 0.279 e. The Labute approximate surface area is 184 Å². The molecule has 0 saturated heterocycles. The van der Waals surface area contributed by atoms with Gasteiger partial charge in [-0.25, -0.2) is 8.42 Å². The lowest BCUT2D eigenvalue weighted by molar-refractivity contribution is 0.0998. The number of sulfone groups is 1. The molecule has 4 rings (SSSR count). The Morgan fingerprint density at radius 3 is 2.35 bits per heavy atom. The third-order valence-electron chi connectivity index (χ3n) is 4.83. The van der Waals surface area contributed by atoms with Crippen molar-refractivity contribution in [3.05, 3.63) is 95.8 Å². The molecule has 0 bridgehead atoms. The van der Waals surface area contributed by atoms with E-state index < -0.39 is 9.84 Å². The molecule has 3 aromatic carbocycles. The van der Waals surface area contributed by atoms with E-state index in [1.54, 1.807) is 36.4 Å². The van der Waals surface area contributed by atoms with Crippen molar-refractivity contribution in [3.63, 3.8) is 0 Å². The number of carbonyl (C=O) groups excluding carboxylic acids is 1. The maximum absolute atomic E-state index is 12.8. The second-order valence-electron chi connectivity index (χ2n) is 7.05. The summed E-state index contributed by atoms with van der Waals surface area (Å²) in [5, 5.41) is 0. The maximum Gasteiger partial charge on any atom is 0.279 e. The number of hydrogen-bond acceptors (Lipinski definition) is 4. The number of rotatable bonds is 5. The molecule has 0 aliphatic carbocycles. The largest absolute Gasteiger partial charge is 0.312 e. The molecular formula is C24H20N2O3S2. The minimum absolute atomic E-state index is 0.237. The van der Waals surface area contributed by atoms with Crippen LogP contribution in [-0.4, -0.2) is 25.1 Å². The van der Waals surface area contributed by atoms with Crippen molar-refractivity contribution < 1.29 is 13.2 Å². The molecule has 0 aliphatic heterocycles. The number of hydrogen-bond donors (Lipinski definition) is 0. The van der Waals surface area contributed by atoms with E-state index in [0.29, 0.717) is 16.9 Å². The molecule has 0 unspecified atom stereocenters. The van der Waals surface area contributed by atoms with Crippen LogP contribution in [0.1, 0.15) is 10.4 Å².